The molecule has 3 atom stereocenters. The molecule has 0 aromatic rings. The third-order valence-corrected chi connectivity index (χ3v) is 23.6. The molecule has 0 aromatic heterocycles. The van der Waals surface area contributed by atoms with Gasteiger partial charge in [0, 0.05) is 0 Å². The van der Waals surface area contributed by atoms with Gasteiger partial charge in [0.25, 0.3) is 0 Å². The number of hydrogen-bond donors (Lipinski definition) is 0. The lowest BCUT2D eigenvalue weighted by Gasteiger charge is -2.38. The van der Waals surface area contributed by atoms with E-state index in [0.717, 1.165) is 65.1 Å². The molecule has 0 heteroatoms. The van der Waals surface area contributed by atoms with Crippen LogP contribution in [0.4, 0.5) is 0 Å². The van der Waals surface area contributed by atoms with Crippen LogP contribution in [0.1, 0.15) is 441 Å². The van der Waals surface area contributed by atoms with Crippen LogP contribution in [-0.4, -0.2) is 0 Å². The lowest BCUT2D eigenvalue weighted by atomic mass is 9.68. The van der Waals surface area contributed by atoms with Crippen LogP contribution in [0.25, 0.3) is 0 Å². The predicted molar refractivity (Wildman–Crippen MR) is 400 cm³/mol. The van der Waals surface area contributed by atoms with Crippen LogP contribution in [0.15, 0.2) is 0 Å². The Morgan fingerprint density at radius 3 is 0.824 bits per heavy atom. The summed E-state index contributed by atoms with van der Waals surface area (Å²) in [6.45, 7) is 80.7. The van der Waals surface area contributed by atoms with Gasteiger partial charge in [0.15, 0.2) is 0 Å². The molecule has 0 aromatic carbocycles. The molecule has 0 spiro atoms. The van der Waals surface area contributed by atoms with E-state index in [9.17, 15) is 0 Å². The standard InChI is InChI=1S/C14H26.C10H20.C10H22.2C9H18.C8H18.C7H14.C7H16.C6H14.C5H12/c1-12(13-8-4-2-5-9-13)14-10-6-3-7-11-14;1-10(2,3)9-7-5-4-6-8-9;1-8(9(2,3)4)10(5,6)7;1-8-6-4-5-7-9(8,2)3;1-7-5-4-6-8(2)9(7)3;1-5-8(4,6-2)7-3;1-7-5-3-2-4-6-7;1-6(2)7(3,4)5;1-5-6(2,3)4;1-5(2,3)4/h12-14H,2-11H2,1H3;9H,4-8H2,1-3H3;8H,1-7H3;8H,4-7H2,1-3H3;7-9H,4-6H2,1-3H3;5-7H2,1-4H3;7H,2-6H2,1H3;6H,1-5H3;5H2,1-4H3;1-4H3. The van der Waals surface area contributed by atoms with Crippen LogP contribution in [0.2, 0.25) is 0 Å². The Labute approximate surface area is 546 Å². The van der Waals surface area contributed by atoms with Gasteiger partial charge in [-0.3, -0.25) is 0 Å². The maximum absolute atomic E-state index is 2.55. The van der Waals surface area contributed by atoms with E-state index in [-0.39, 0.29) is 0 Å². The quantitative estimate of drug-likeness (QED) is 0.257. The van der Waals surface area contributed by atoms with E-state index in [1.54, 1.807) is 0 Å². The fourth-order valence-corrected chi connectivity index (χ4v) is 12.5. The number of rotatable bonds is 5. The van der Waals surface area contributed by atoms with Crippen molar-refractivity contribution in [3.05, 3.63) is 0 Å². The van der Waals surface area contributed by atoms with Gasteiger partial charge in [-0.25, -0.2) is 0 Å². The van der Waals surface area contributed by atoms with E-state index >= 15 is 0 Å². The van der Waals surface area contributed by atoms with Crippen molar-refractivity contribution in [1.29, 1.82) is 0 Å². The molecule has 0 radical (unpaired) electrons. The lowest BCUT2D eigenvalue weighted by Crippen LogP contribution is -2.29. The van der Waals surface area contributed by atoms with Gasteiger partial charge >= 0.3 is 0 Å². The van der Waals surface area contributed by atoms with E-state index in [2.05, 4.69) is 242 Å². The first-order valence-electron chi connectivity index (χ1n) is 38.6. The van der Waals surface area contributed by atoms with Crippen LogP contribution in [-0.2, 0) is 0 Å². The van der Waals surface area contributed by atoms with Gasteiger partial charge in [-0.15, -0.1) is 0 Å². The van der Waals surface area contributed by atoms with Crippen molar-refractivity contribution in [2.75, 3.05) is 0 Å². The highest BCUT2D eigenvalue weighted by Crippen LogP contribution is 2.42. The van der Waals surface area contributed by atoms with Crippen molar-refractivity contribution >= 4 is 0 Å². The highest BCUT2D eigenvalue weighted by Gasteiger charge is 2.32. The summed E-state index contributed by atoms with van der Waals surface area (Å²) >= 11 is 0. The van der Waals surface area contributed by atoms with Crippen LogP contribution in [0.5, 0.6) is 0 Å². The largest absolute Gasteiger partial charge is 0.0649 e. The Hall–Kier alpha value is 0. The molecule has 6 saturated carbocycles. The Morgan fingerprint density at radius 2 is 0.659 bits per heavy atom. The highest BCUT2D eigenvalue weighted by atomic mass is 14.4. The van der Waals surface area contributed by atoms with Gasteiger partial charge < -0.3 is 0 Å². The monoisotopic (exact) mass is 1200 g/mol. The van der Waals surface area contributed by atoms with E-state index in [1.807, 2.05) is 0 Å². The molecule has 0 N–H and O–H groups in total. The molecule has 3 unspecified atom stereocenters. The minimum atomic E-state index is 0.443. The molecular formula is C85H178. The van der Waals surface area contributed by atoms with E-state index < -0.39 is 0 Å². The molecule has 6 rings (SSSR count). The maximum Gasteiger partial charge on any atom is -0.0329 e. The molecule has 518 valence electrons. The minimum Gasteiger partial charge on any atom is -0.0649 e. The third kappa shape index (κ3) is 52.2. The smallest absolute Gasteiger partial charge is 0.0329 e. The van der Waals surface area contributed by atoms with Gasteiger partial charge in [0.2, 0.25) is 0 Å². The molecule has 6 aliphatic carbocycles. The van der Waals surface area contributed by atoms with Crippen molar-refractivity contribution in [2.24, 2.45) is 108 Å². The Bertz CT molecular complexity index is 1380. The average molecular weight is 1200 g/mol. The Kier molecular flexibility index (Phi) is 49.6. The zero-order valence-electron chi connectivity index (χ0n) is 67.3. The normalized spacial score (nSPS) is 23.1. The first-order valence-corrected chi connectivity index (χ1v) is 38.6. The third-order valence-electron chi connectivity index (χ3n) is 23.6. The summed E-state index contributed by atoms with van der Waals surface area (Å²) in [5, 5.41) is 0. The summed E-state index contributed by atoms with van der Waals surface area (Å²) in [5.41, 5.74) is 4.26. The topological polar surface area (TPSA) is 0 Å². The summed E-state index contributed by atoms with van der Waals surface area (Å²) < 4.78 is 0. The number of hydrogen-bond acceptors (Lipinski definition) is 0. The molecule has 6 fully saturated rings. The van der Waals surface area contributed by atoms with Gasteiger partial charge in [-0.2, -0.15) is 0 Å². The molecule has 0 aliphatic heterocycles. The van der Waals surface area contributed by atoms with Gasteiger partial charge in [-0.05, 0) is 128 Å². The second-order valence-electron chi connectivity index (χ2n) is 38.7. The van der Waals surface area contributed by atoms with Crippen molar-refractivity contribution < 1.29 is 0 Å². The van der Waals surface area contributed by atoms with Gasteiger partial charge in [-0.1, -0.05) is 422 Å². The molecule has 85 heavy (non-hydrogen) atoms. The summed E-state index contributed by atoms with van der Waals surface area (Å²) in [6, 6.07) is 0. The molecule has 6 aliphatic rings. The van der Waals surface area contributed by atoms with Crippen molar-refractivity contribution in [3.8, 4) is 0 Å². The maximum atomic E-state index is 2.55. The summed E-state index contributed by atoms with van der Waals surface area (Å²) in [4.78, 5) is 0. The predicted octanol–water partition coefficient (Wildman–Crippen LogP) is 31.4. The average Bonchev–Trinajstić information content (AvgIpc) is 3.57. The van der Waals surface area contributed by atoms with E-state index in [1.165, 1.54) is 199 Å². The second-order valence-corrected chi connectivity index (χ2v) is 38.7. The van der Waals surface area contributed by atoms with E-state index in [0.29, 0.717) is 43.3 Å². The SMILES string of the molecule is CC(C(C)(C)C)C(C)(C)C.CC(C)(C)C.CC(C)(C)C1CCCCC1.CC(C)C(C)(C)C.CC(C1CCCCC1)C1CCCCC1.CC1CCCC(C)C1C.CC1CCCCC1.CC1CCCCC1(C)C.CCC(C)(C)C.CCC(C)(CC)CC. The van der Waals surface area contributed by atoms with Crippen LogP contribution >= 0.6 is 0 Å². The molecule has 0 saturated heterocycles. The van der Waals surface area contributed by atoms with Crippen molar-refractivity contribution in [2.45, 2.75) is 441 Å². The zero-order chi connectivity index (χ0) is 67.3. The van der Waals surface area contributed by atoms with Gasteiger partial charge in [0.05, 0.1) is 0 Å². The second kappa shape index (κ2) is 46.1. The zero-order valence-corrected chi connectivity index (χ0v) is 67.3. The van der Waals surface area contributed by atoms with Crippen LogP contribution in [0, 0.1) is 108 Å². The summed E-state index contributed by atoms with van der Waals surface area (Å²) in [5.74, 6) is 10.7. The van der Waals surface area contributed by atoms with Crippen molar-refractivity contribution in [1.82, 2.24) is 0 Å². The Balaban J connectivity index is -0.000000434. The lowest BCUT2D eigenvalue weighted by molar-refractivity contribution is 0.121. The summed E-state index contributed by atoms with van der Waals surface area (Å²) in [7, 11) is 0. The van der Waals surface area contributed by atoms with E-state index in [4.69, 9.17) is 0 Å². The molecule has 0 nitrogen and oxygen atoms in total. The summed E-state index contributed by atoms with van der Waals surface area (Å²) in [6.07, 6.45) is 45.5. The first-order chi connectivity index (χ1) is 38.6. The fourth-order valence-electron chi connectivity index (χ4n) is 12.5. The highest BCUT2D eigenvalue weighted by molar-refractivity contribution is 4.82. The fraction of sp³-hybridized carbons (Fsp3) is 1.00. The molecular weight excluding hydrogens is 1020 g/mol. The molecule has 0 heterocycles. The van der Waals surface area contributed by atoms with Crippen LogP contribution < -0.4 is 0 Å². The minimum absolute atomic E-state index is 0.443. The Morgan fingerprint density at radius 1 is 0.365 bits per heavy atom. The van der Waals surface area contributed by atoms with Gasteiger partial charge in [0.1, 0.15) is 0 Å². The van der Waals surface area contributed by atoms with Crippen LogP contribution in [0.3, 0.4) is 0 Å². The molecule has 0 amide bonds. The molecule has 0 bridgehead atoms. The van der Waals surface area contributed by atoms with Crippen molar-refractivity contribution in [3.63, 3.8) is 0 Å². The first kappa shape index (κ1) is 91.4.